The molecule has 0 bridgehead atoms. The van der Waals surface area contributed by atoms with E-state index in [1.165, 1.54) is 48.9 Å². The van der Waals surface area contributed by atoms with Crippen molar-refractivity contribution in [2.45, 2.75) is 50.3 Å². The van der Waals surface area contributed by atoms with Gasteiger partial charge in [-0.05, 0) is 24.0 Å². The quantitative estimate of drug-likeness (QED) is 0.591. The Balaban J connectivity index is 0.000000158. The zero-order valence-electron chi connectivity index (χ0n) is 15.4. The summed E-state index contributed by atoms with van der Waals surface area (Å²) < 4.78 is 0. The summed E-state index contributed by atoms with van der Waals surface area (Å²) in [5.41, 5.74) is 3.90. The van der Waals surface area contributed by atoms with Gasteiger partial charge in [-0.15, -0.1) is 0 Å². The van der Waals surface area contributed by atoms with Gasteiger partial charge in [-0.2, -0.15) is 0 Å². The molecule has 0 aliphatic heterocycles. The second-order valence-electron chi connectivity index (χ2n) is 6.95. The average Bonchev–Trinajstić information content (AvgIpc) is 3.26. The molecular weight excluding hydrogens is 315 g/mol. The third-order valence-electron chi connectivity index (χ3n) is 5.20. The first-order chi connectivity index (χ1) is 12.9. The molecule has 0 unspecified atom stereocenters. The first-order valence-electron chi connectivity index (χ1n) is 9.66. The molecule has 3 aromatic rings. The maximum atomic E-state index is 5.84. The smallest absolute Gasteiger partial charge is 0.0921 e. The van der Waals surface area contributed by atoms with Gasteiger partial charge in [0.2, 0.25) is 0 Å². The zero-order valence-corrected chi connectivity index (χ0v) is 15.4. The van der Waals surface area contributed by atoms with Crippen molar-refractivity contribution in [1.29, 1.82) is 0 Å². The minimum Gasteiger partial charge on any atom is -0.348 e. The molecule has 0 saturated heterocycles. The van der Waals surface area contributed by atoms with E-state index in [0.29, 0.717) is 12.2 Å². The van der Waals surface area contributed by atoms with E-state index in [1.807, 2.05) is 18.3 Å². The maximum absolute atomic E-state index is 5.84. The van der Waals surface area contributed by atoms with Gasteiger partial charge >= 0.3 is 0 Å². The Labute approximate surface area is 158 Å². The lowest BCUT2D eigenvalue weighted by Crippen LogP contribution is -2.04. The number of H-pyrrole nitrogens is 1. The second kappa shape index (κ2) is 10.0. The van der Waals surface area contributed by atoms with Gasteiger partial charge in [-0.3, -0.25) is 0 Å². The first-order valence-corrected chi connectivity index (χ1v) is 9.66. The number of nitrogens with zero attached hydrogens (tertiary/aromatic N) is 1. The van der Waals surface area contributed by atoms with Crippen molar-refractivity contribution in [1.82, 2.24) is 9.97 Å². The van der Waals surface area contributed by atoms with Crippen LogP contribution in [0.25, 0.3) is 0 Å². The standard InChI is InChI=1S/C14H13B.C9H14N2/c15-11-14(12-7-3-1-4-8-12)13-9-5-2-6-10-13;1-2-4-8(5-3-1)9-6-10-7-11-9/h1-10,14H,11H2;6-8H,1-5H2,(H,10,11). The van der Waals surface area contributed by atoms with Gasteiger partial charge in [0.25, 0.3) is 0 Å². The van der Waals surface area contributed by atoms with Crippen LogP contribution in [0, 0.1) is 0 Å². The molecular formula is C23H27BN2. The van der Waals surface area contributed by atoms with E-state index in [4.69, 9.17) is 7.85 Å². The van der Waals surface area contributed by atoms with Crippen LogP contribution in [0.5, 0.6) is 0 Å². The molecule has 1 aliphatic rings. The maximum Gasteiger partial charge on any atom is 0.0921 e. The fourth-order valence-electron chi connectivity index (χ4n) is 3.74. The molecule has 2 aromatic carbocycles. The van der Waals surface area contributed by atoms with Crippen LogP contribution in [-0.2, 0) is 0 Å². The highest BCUT2D eigenvalue weighted by atomic mass is 14.9. The summed E-state index contributed by atoms with van der Waals surface area (Å²) in [5, 5.41) is 0. The molecule has 0 amide bonds. The molecule has 3 heteroatoms. The Morgan fingerprint density at radius 2 is 1.46 bits per heavy atom. The van der Waals surface area contributed by atoms with Crippen molar-refractivity contribution in [3.8, 4) is 0 Å². The number of nitrogens with one attached hydrogen (secondary N) is 1. The lowest BCUT2D eigenvalue weighted by molar-refractivity contribution is 0.437. The van der Waals surface area contributed by atoms with Crippen LogP contribution >= 0.6 is 0 Å². The monoisotopic (exact) mass is 342 g/mol. The van der Waals surface area contributed by atoms with E-state index in [2.05, 4.69) is 58.5 Å². The molecule has 2 nitrogen and oxygen atoms in total. The summed E-state index contributed by atoms with van der Waals surface area (Å²) in [6.45, 7) is 0. The molecule has 1 N–H and O–H groups in total. The van der Waals surface area contributed by atoms with Crippen LogP contribution in [-0.4, -0.2) is 17.8 Å². The van der Waals surface area contributed by atoms with Crippen LogP contribution in [0.4, 0.5) is 0 Å². The van der Waals surface area contributed by atoms with Crippen LogP contribution in [0.15, 0.2) is 73.2 Å². The van der Waals surface area contributed by atoms with Gasteiger partial charge in [-0.1, -0.05) is 86.2 Å². The third-order valence-corrected chi connectivity index (χ3v) is 5.20. The Hall–Kier alpha value is -2.29. The molecule has 0 atom stereocenters. The van der Waals surface area contributed by atoms with Crippen LogP contribution in [0.2, 0.25) is 6.32 Å². The molecule has 132 valence electrons. The first kappa shape index (κ1) is 18.5. The largest absolute Gasteiger partial charge is 0.348 e. The zero-order chi connectivity index (χ0) is 18.0. The molecule has 0 spiro atoms. The minimum atomic E-state index is 0.312. The number of imidazole rings is 1. The number of rotatable bonds is 4. The summed E-state index contributed by atoms with van der Waals surface area (Å²) in [7, 11) is 5.84. The molecule has 1 aliphatic carbocycles. The van der Waals surface area contributed by atoms with Gasteiger partial charge in [0, 0.05) is 23.7 Å². The summed E-state index contributed by atoms with van der Waals surface area (Å²) in [4.78, 5) is 7.24. The second-order valence-corrected chi connectivity index (χ2v) is 6.95. The number of benzene rings is 2. The number of aromatic amines is 1. The van der Waals surface area contributed by atoms with Crippen LogP contribution < -0.4 is 0 Å². The van der Waals surface area contributed by atoms with E-state index >= 15 is 0 Å². The lowest BCUT2D eigenvalue weighted by atomic mass is 9.81. The number of aromatic nitrogens is 2. The van der Waals surface area contributed by atoms with E-state index in [1.54, 1.807) is 6.33 Å². The van der Waals surface area contributed by atoms with Crippen LogP contribution in [0.1, 0.15) is 60.8 Å². The fraction of sp³-hybridized carbons (Fsp3) is 0.348. The summed E-state index contributed by atoms with van der Waals surface area (Å²) in [5.74, 6) is 1.08. The van der Waals surface area contributed by atoms with Crippen molar-refractivity contribution >= 4 is 7.85 Å². The molecule has 26 heavy (non-hydrogen) atoms. The molecule has 1 fully saturated rings. The Bertz CT molecular complexity index is 680. The highest BCUT2D eigenvalue weighted by molar-refractivity contribution is 6.09. The molecule has 1 heterocycles. The van der Waals surface area contributed by atoms with Crippen molar-refractivity contribution in [2.75, 3.05) is 0 Å². The predicted molar refractivity (Wildman–Crippen MR) is 110 cm³/mol. The third kappa shape index (κ3) is 5.11. The SMILES string of the molecule is [B]CC(c1ccccc1)c1ccccc1.c1ncc(C2CCCCC2)[nH]1. The highest BCUT2D eigenvalue weighted by Gasteiger charge is 2.15. The molecule has 1 aromatic heterocycles. The summed E-state index contributed by atoms with van der Waals surface area (Å²) in [6.07, 6.45) is 11.3. The van der Waals surface area contributed by atoms with E-state index in [9.17, 15) is 0 Å². The minimum absolute atomic E-state index is 0.312. The topological polar surface area (TPSA) is 28.7 Å². The van der Waals surface area contributed by atoms with Gasteiger partial charge in [0.15, 0.2) is 0 Å². The lowest BCUT2D eigenvalue weighted by Gasteiger charge is -2.19. The van der Waals surface area contributed by atoms with Gasteiger partial charge in [-0.25, -0.2) is 4.98 Å². The molecule has 1 saturated carbocycles. The van der Waals surface area contributed by atoms with Crippen molar-refractivity contribution in [2.24, 2.45) is 0 Å². The van der Waals surface area contributed by atoms with E-state index < -0.39 is 0 Å². The average molecular weight is 342 g/mol. The van der Waals surface area contributed by atoms with Crippen molar-refractivity contribution in [3.05, 3.63) is 90.0 Å². The fourth-order valence-corrected chi connectivity index (χ4v) is 3.74. The summed E-state index contributed by atoms with van der Waals surface area (Å²) in [6, 6.07) is 20.8. The Kier molecular flexibility index (Phi) is 7.12. The normalized spacial score (nSPS) is 14.7. The van der Waals surface area contributed by atoms with Crippen molar-refractivity contribution < 1.29 is 0 Å². The summed E-state index contributed by atoms with van der Waals surface area (Å²) >= 11 is 0. The number of hydrogen-bond donors (Lipinski definition) is 1. The number of hydrogen-bond acceptors (Lipinski definition) is 1. The van der Waals surface area contributed by atoms with Gasteiger partial charge in [0.1, 0.15) is 0 Å². The predicted octanol–water partition coefficient (Wildman–Crippen LogP) is 5.86. The Morgan fingerprint density at radius 1 is 0.885 bits per heavy atom. The van der Waals surface area contributed by atoms with E-state index in [0.717, 1.165) is 5.92 Å². The van der Waals surface area contributed by atoms with Gasteiger partial charge < -0.3 is 4.98 Å². The Morgan fingerprint density at radius 3 is 1.92 bits per heavy atom. The highest BCUT2D eigenvalue weighted by Crippen LogP contribution is 2.30. The van der Waals surface area contributed by atoms with Gasteiger partial charge in [0.05, 0.1) is 14.2 Å². The van der Waals surface area contributed by atoms with E-state index in [-0.39, 0.29) is 0 Å². The van der Waals surface area contributed by atoms with Crippen molar-refractivity contribution in [3.63, 3.8) is 0 Å². The van der Waals surface area contributed by atoms with Crippen LogP contribution in [0.3, 0.4) is 0 Å². The molecule has 2 radical (unpaired) electrons. The molecule has 4 rings (SSSR count).